The molecule has 5 nitrogen and oxygen atoms in total. The van der Waals surface area contributed by atoms with E-state index >= 15 is 4.39 Å². The Balaban J connectivity index is 1.46. The third kappa shape index (κ3) is 3.39. The van der Waals surface area contributed by atoms with E-state index in [0.717, 1.165) is 37.7 Å². The molecule has 5 rings (SSSR count). The Labute approximate surface area is 174 Å². The third-order valence-electron chi connectivity index (χ3n) is 6.43. The third-order valence-corrected chi connectivity index (χ3v) is 6.43. The maximum atomic E-state index is 15.4. The molecule has 0 radical (unpaired) electrons. The number of rotatable bonds is 6. The van der Waals surface area contributed by atoms with Crippen LogP contribution in [0.25, 0.3) is 11.0 Å². The van der Waals surface area contributed by atoms with Crippen LogP contribution in [0.5, 0.6) is 0 Å². The minimum Gasteiger partial charge on any atom is -0.385 e. The molecule has 30 heavy (non-hydrogen) atoms. The number of hydrogen-bond donors (Lipinski definition) is 2. The van der Waals surface area contributed by atoms with Gasteiger partial charge in [0.15, 0.2) is 5.82 Å². The van der Waals surface area contributed by atoms with Gasteiger partial charge in [0.25, 0.3) is 0 Å². The zero-order valence-corrected chi connectivity index (χ0v) is 17.1. The van der Waals surface area contributed by atoms with Gasteiger partial charge in [-0.05, 0) is 62.1 Å². The van der Waals surface area contributed by atoms with Gasteiger partial charge < -0.3 is 9.67 Å². The molecule has 0 saturated heterocycles. The Morgan fingerprint density at radius 3 is 2.57 bits per heavy atom. The first-order valence-electron chi connectivity index (χ1n) is 10.7. The van der Waals surface area contributed by atoms with Crippen molar-refractivity contribution in [1.29, 1.82) is 0 Å². The van der Waals surface area contributed by atoms with Gasteiger partial charge in [0, 0.05) is 6.04 Å². The van der Waals surface area contributed by atoms with Crippen molar-refractivity contribution >= 4 is 22.9 Å². The van der Waals surface area contributed by atoms with Gasteiger partial charge in [0.05, 0.1) is 17.5 Å². The molecule has 2 fully saturated rings. The van der Waals surface area contributed by atoms with Crippen molar-refractivity contribution in [1.82, 2.24) is 9.55 Å². The lowest BCUT2D eigenvalue weighted by Crippen LogP contribution is -2.30. The van der Waals surface area contributed by atoms with Crippen LogP contribution in [0.1, 0.15) is 68.5 Å². The van der Waals surface area contributed by atoms with Gasteiger partial charge in [-0.15, -0.1) is 0 Å². The van der Waals surface area contributed by atoms with E-state index in [9.17, 15) is 9.90 Å². The van der Waals surface area contributed by atoms with Crippen LogP contribution in [0.15, 0.2) is 42.5 Å². The number of carbonyl (C=O) groups excluding carboxylic acids is 1. The topological polar surface area (TPSA) is 67.2 Å². The molecule has 1 unspecified atom stereocenters. The fourth-order valence-electron chi connectivity index (χ4n) is 4.34. The maximum Gasteiger partial charge on any atom is 0.229 e. The van der Waals surface area contributed by atoms with Crippen molar-refractivity contribution in [3.05, 3.63) is 59.4 Å². The Bertz CT molecular complexity index is 1100. The average molecular weight is 407 g/mol. The largest absolute Gasteiger partial charge is 0.385 e. The first-order valence-corrected chi connectivity index (χ1v) is 10.7. The minimum atomic E-state index is -1.30. The van der Waals surface area contributed by atoms with E-state index in [2.05, 4.69) is 10.3 Å². The Morgan fingerprint density at radius 2 is 1.93 bits per heavy atom. The highest BCUT2D eigenvalue weighted by Gasteiger charge is 2.33. The molecule has 2 saturated carbocycles. The standard InChI is InChI=1S/C24H26FN3O2/c1-24(30,16-6-3-2-4-7-16)14-20(29)27-23-26-19-13-12-18(15-10-11-15)21(25)22(19)28(23)17-8-5-9-17/h2-4,6-7,12-13,15,17,30H,5,8-11,14H2,1H3,(H,26,27,29). The molecule has 1 heterocycles. The predicted molar refractivity (Wildman–Crippen MR) is 114 cm³/mol. The van der Waals surface area contributed by atoms with E-state index in [1.807, 2.05) is 34.9 Å². The number of imidazole rings is 1. The van der Waals surface area contributed by atoms with Crippen LogP contribution in [-0.4, -0.2) is 20.6 Å². The highest BCUT2D eigenvalue weighted by Crippen LogP contribution is 2.44. The lowest BCUT2D eigenvalue weighted by Gasteiger charge is -2.29. The molecule has 1 atom stereocenters. The lowest BCUT2D eigenvalue weighted by atomic mass is 9.92. The summed E-state index contributed by atoms with van der Waals surface area (Å²) in [5.74, 6) is 0.127. The number of fused-ring (bicyclic) bond motifs is 1. The van der Waals surface area contributed by atoms with E-state index in [0.29, 0.717) is 28.5 Å². The van der Waals surface area contributed by atoms with Crippen LogP contribution in [0.4, 0.5) is 10.3 Å². The van der Waals surface area contributed by atoms with Crippen LogP contribution >= 0.6 is 0 Å². The number of nitrogens with zero attached hydrogens (tertiary/aromatic N) is 2. The Kier molecular flexibility index (Phi) is 4.62. The summed E-state index contributed by atoms with van der Waals surface area (Å²) >= 11 is 0. The Hall–Kier alpha value is -2.73. The van der Waals surface area contributed by atoms with Crippen LogP contribution < -0.4 is 5.32 Å². The van der Waals surface area contributed by atoms with Crippen molar-refractivity contribution in [3.8, 4) is 0 Å². The zero-order valence-electron chi connectivity index (χ0n) is 17.1. The van der Waals surface area contributed by atoms with E-state index in [1.54, 1.807) is 19.1 Å². The summed E-state index contributed by atoms with van der Waals surface area (Å²) < 4.78 is 17.2. The number of amides is 1. The molecule has 2 aromatic carbocycles. The van der Waals surface area contributed by atoms with Crippen molar-refractivity contribution < 1.29 is 14.3 Å². The number of hydrogen-bond acceptors (Lipinski definition) is 3. The van der Waals surface area contributed by atoms with Crippen molar-refractivity contribution in [3.63, 3.8) is 0 Å². The second-order valence-corrected chi connectivity index (χ2v) is 8.87. The van der Waals surface area contributed by atoms with Crippen molar-refractivity contribution in [2.24, 2.45) is 0 Å². The molecule has 2 aliphatic carbocycles. The maximum absolute atomic E-state index is 15.4. The first kappa shape index (κ1) is 19.2. The smallest absolute Gasteiger partial charge is 0.229 e. The number of carbonyl (C=O) groups is 1. The molecule has 2 aliphatic rings. The normalized spacial score (nSPS) is 18.8. The van der Waals surface area contributed by atoms with Crippen LogP contribution in [0.2, 0.25) is 0 Å². The molecule has 0 bridgehead atoms. The Morgan fingerprint density at radius 1 is 1.20 bits per heavy atom. The van der Waals surface area contributed by atoms with Gasteiger partial charge >= 0.3 is 0 Å². The molecule has 6 heteroatoms. The van der Waals surface area contributed by atoms with Gasteiger partial charge in [-0.3, -0.25) is 10.1 Å². The zero-order chi connectivity index (χ0) is 20.9. The van der Waals surface area contributed by atoms with E-state index in [4.69, 9.17) is 0 Å². The number of halogens is 1. The molecule has 3 aromatic rings. The van der Waals surface area contributed by atoms with Crippen molar-refractivity contribution in [2.75, 3.05) is 5.32 Å². The van der Waals surface area contributed by atoms with Gasteiger partial charge in [-0.2, -0.15) is 0 Å². The highest BCUT2D eigenvalue weighted by molar-refractivity contribution is 5.92. The molecule has 156 valence electrons. The van der Waals surface area contributed by atoms with Crippen molar-refractivity contribution in [2.45, 2.75) is 63.0 Å². The minimum absolute atomic E-state index is 0.110. The molecule has 0 spiro atoms. The molecule has 2 N–H and O–H groups in total. The molecular weight excluding hydrogens is 381 g/mol. The number of benzene rings is 2. The van der Waals surface area contributed by atoms with Gasteiger partial charge in [-0.25, -0.2) is 9.37 Å². The van der Waals surface area contributed by atoms with Gasteiger partial charge in [-0.1, -0.05) is 36.4 Å². The number of nitrogens with one attached hydrogen (secondary N) is 1. The summed E-state index contributed by atoms with van der Waals surface area (Å²) in [7, 11) is 0. The SMILES string of the molecule is CC(O)(CC(=O)Nc1nc2ccc(C3CC3)c(F)c2n1C1CCC1)c1ccccc1. The summed E-state index contributed by atoms with van der Waals surface area (Å²) in [5.41, 5.74) is 1.19. The fraction of sp³-hybridized carbons (Fsp3) is 0.417. The van der Waals surface area contributed by atoms with Gasteiger partial charge in [0.1, 0.15) is 5.52 Å². The van der Waals surface area contributed by atoms with Crippen LogP contribution in [0, 0.1) is 5.82 Å². The number of anilines is 1. The lowest BCUT2D eigenvalue weighted by molar-refractivity contribution is -0.120. The van der Waals surface area contributed by atoms with Crippen LogP contribution in [0.3, 0.4) is 0 Å². The average Bonchev–Trinajstić information content (AvgIpc) is 3.45. The summed E-state index contributed by atoms with van der Waals surface area (Å²) in [6.07, 6.45) is 4.92. The second-order valence-electron chi connectivity index (χ2n) is 8.87. The van der Waals surface area contributed by atoms with E-state index in [-0.39, 0.29) is 24.2 Å². The fourth-order valence-corrected chi connectivity index (χ4v) is 4.34. The number of aromatic nitrogens is 2. The quantitative estimate of drug-likeness (QED) is 0.603. The second kappa shape index (κ2) is 7.20. The molecular formula is C24H26FN3O2. The monoisotopic (exact) mass is 407 g/mol. The van der Waals surface area contributed by atoms with E-state index in [1.165, 1.54) is 0 Å². The first-order chi connectivity index (χ1) is 14.4. The number of aliphatic hydroxyl groups is 1. The summed E-state index contributed by atoms with van der Waals surface area (Å²) in [4.78, 5) is 17.4. The highest BCUT2D eigenvalue weighted by atomic mass is 19.1. The summed E-state index contributed by atoms with van der Waals surface area (Å²) in [6, 6.07) is 13.0. The van der Waals surface area contributed by atoms with Gasteiger partial charge in [0.2, 0.25) is 11.9 Å². The van der Waals surface area contributed by atoms with Crippen LogP contribution in [-0.2, 0) is 10.4 Å². The molecule has 1 amide bonds. The summed E-state index contributed by atoms with van der Waals surface area (Å²) in [6.45, 7) is 1.62. The summed E-state index contributed by atoms with van der Waals surface area (Å²) in [5, 5.41) is 13.7. The molecule has 0 aliphatic heterocycles. The van der Waals surface area contributed by atoms with E-state index < -0.39 is 5.60 Å². The molecule has 1 aromatic heterocycles. The predicted octanol–water partition coefficient (Wildman–Crippen LogP) is 5.01.